The van der Waals surface area contributed by atoms with Gasteiger partial charge >= 0.3 is 0 Å². The topological polar surface area (TPSA) is 72.6 Å². The number of aryl methyl sites for hydroxylation is 2. The highest BCUT2D eigenvalue weighted by Gasteiger charge is 2.16. The second-order valence-electron chi connectivity index (χ2n) is 9.73. The zero-order valence-electron chi connectivity index (χ0n) is 21.0. The number of rotatable bonds is 5. The molecule has 1 aliphatic heterocycles. The fourth-order valence-electron chi connectivity index (χ4n) is 5.02. The van der Waals surface area contributed by atoms with Gasteiger partial charge in [-0.1, -0.05) is 18.2 Å². The molecule has 0 amide bonds. The van der Waals surface area contributed by atoms with Gasteiger partial charge in [0.05, 0.1) is 24.1 Å². The van der Waals surface area contributed by atoms with Gasteiger partial charge in [0.2, 0.25) is 0 Å². The van der Waals surface area contributed by atoms with E-state index in [1.807, 2.05) is 32.6 Å². The van der Waals surface area contributed by atoms with E-state index in [4.69, 9.17) is 0 Å². The molecule has 6 rings (SSSR count). The van der Waals surface area contributed by atoms with Crippen molar-refractivity contribution in [2.75, 3.05) is 18.4 Å². The number of pyridine rings is 1. The van der Waals surface area contributed by atoms with Crippen molar-refractivity contribution < 1.29 is 0 Å². The van der Waals surface area contributed by atoms with Crippen LogP contribution in [0.4, 0.5) is 11.5 Å². The van der Waals surface area contributed by atoms with Gasteiger partial charge in [-0.05, 0) is 80.6 Å². The van der Waals surface area contributed by atoms with Crippen LogP contribution in [0.3, 0.4) is 0 Å². The molecule has 0 radical (unpaired) electrons. The van der Waals surface area contributed by atoms with E-state index in [9.17, 15) is 0 Å². The van der Waals surface area contributed by atoms with E-state index in [2.05, 4.69) is 90.5 Å². The fourth-order valence-corrected chi connectivity index (χ4v) is 5.02. The van der Waals surface area contributed by atoms with Gasteiger partial charge in [0.1, 0.15) is 11.6 Å². The number of anilines is 2. The molecule has 0 unspecified atom stereocenters. The van der Waals surface area contributed by atoms with Crippen molar-refractivity contribution >= 4 is 22.3 Å². The standard InChI is InChI=1S/C29H31N7/c1-19-12-22(28-17-31-20(2)35(28)3)6-7-27(19)34-29-14-24-13-21(4-5-23(24)15-32-29)25-16-33-36(18-25)26-8-10-30-11-9-26/h4-7,12-18,26,30H,8-11H2,1-3H3,(H,32,34). The summed E-state index contributed by atoms with van der Waals surface area (Å²) in [5, 5.41) is 13.9. The number of piperidine rings is 1. The quantitative estimate of drug-likeness (QED) is 0.336. The molecule has 1 saturated heterocycles. The van der Waals surface area contributed by atoms with Crippen LogP contribution in [0.15, 0.2) is 67.3 Å². The van der Waals surface area contributed by atoms with Crippen LogP contribution in [-0.4, -0.2) is 37.4 Å². The number of fused-ring (bicyclic) bond motifs is 1. The zero-order chi connectivity index (χ0) is 24.6. The van der Waals surface area contributed by atoms with E-state index in [0.29, 0.717) is 6.04 Å². The van der Waals surface area contributed by atoms with Crippen LogP contribution in [0.25, 0.3) is 33.2 Å². The second-order valence-corrected chi connectivity index (χ2v) is 9.73. The Hall–Kier alpha value is -3.97. The van der Waals surface area contributed by atoms with Crippen LogP contribution >= 0.6 is 0 Å². The van der Waals surface area contributed by atoms with Crippen molar-refractivity contribution in [3.8, 4) is 22.4 Å². The minimum absolute atomic E-state index is 0.483. The van der Waals surface area contributed by atoms with Crippen LogP contribution in [0, 0.1) is 13.8 Å². The highest BCUT2D eigenvalue weighted by atomic mass is 15.3. The van der Waals surface area contributed by atoms with Crippen molar-refractivity contribution in [1.29, 1.82) is 0 Å². The second kappa shape index (κ2) is 9.24. The molecular formula is C29H31N7. The van der Waals surface area contributed by atoms with Gasteiger partial charge in [0, 0.05) is 41.6 Å². The molecule has 7 nitrogen and oxygen atoms in total. The first-order valence-corrected chi connectivity index (χ1v) is 12.6. The van der Waals surface area contributed by atoms with Crippen molar-refractivity contribution in [3.05, 3.63) is 78.6 Å². The summed E-state index contributed by atoms with van der Waals surface area (Å²) in [5.41, 5.74) is 6.80. The van der Waals surface area contributed by atoms with E-state index in [1.165, 1.54) is 5.56 Å². The summed E-state index contributed by atoms with van der Waals surface area (Å²) in [6.45, 7) is 6.26. The average Bonchev–Trinajstić information content (AvgIpc) is 3.53. The number of hydrogen-bond donors (Lipinski definition) is 2. The van der Waals surface area contributed by atoms with Gasteiger partial charge in [0.15, 0.2) is 0 Å². The van der Waals surface area contributed by atoms with Crippen molar-refractivity contribution in [2.45, 2.75) is 32.7 Å². The Morgan fingerprint density at radius 1 is 0.861 bits per heavy atom. The maximum atomic E-state index is 4.67. The Balaban J connectivity index is 1.25. The molecule has 1 fully saturated rings. The maximum absolute atomic E-state index is 4.67. The van der Waals surface area contributed by atoms with Gasteiger partial charge in [0.25, 0.3) is 0 Å². The minimum atomic E-state index is 0.483. The molecule has 182 valence electrons. The van der Waals surface area contributed by atoms with Gasteiger partial charge in [-0.25, -0.2) is 9.97 Å². The van der Waals surface area contributed by atoms with E-state index >= 15 is 0 Å². The van der Waals surface area contributed by atoms with Crippen molar-refractivity contribution in [3.63, 3.8) is 0 Å². The molecule has 1 aliphatic rings. The Morgan fingerprint density at radius 3 is 2.47 bits per heavy atom. The molecule has 7 heteroatoms. The first kappa shape index (κ1) is 22.5. The molecule has 0 aliphatic carbocycles. The third-order valence-corrected chi connectivity index (χ3v) is 7.34. The summed E-state index contributed by atoms with van der Waals surface area (Å²) < 4.78 is 4.25. The number of hydrogen-bond acceptors (Lipinski definition) is 5. The molecule has 0 atom stereocenters. The fraction of sp³-hybridized carbons (Fsp3) is 0.276. The van der Waals surface area contributed by atoms with Gasteiger partial charge in [-0.2, -0.15) is 5.10 Å². The monoisotopic (exact) mass is 477 g/mol. The summed E-state index contributed by atoms with van der Waals surface area (Å²) in [5.74, 6) is 1.83. The summed E-state index contributed by atoms with van der Waals surface area (Å²) >= 11 is 0. The SMILES string of the molecule is Cc1cc(-c2cnc(C)n2C)ccc1Nc1cc2cc(-c3cnn(C4CCNCC4)c3)ccc2cn1. The average molecular weight is 478 g/mol. The van der Waals surface area contributed by atoms with Crippen molar-refractivity contribution in [2.24, 2.45) is 7.05 Å². The molecule has 5 aromatic rings. The summed E-state index contributed by atoms with van der Waals surface area (Å²) in [4.78, 5) is 9.09. The first-order valence-electron chi connectivity index (χ1n) is 12.6. The molecule has 2 aromatic carbocycles. The summed E-state index contributed by atoms with van der Waals surface area (Å²) in [6.07, 6.45) is 10.3. The number of benzene rings is 2. The zero-order valence-corrected chi connectivity index (χ0v) is 21.0. The Bertz CT molecular complexity index is 1540. The molecule has 2 N–H and O–H groups in total. The van der Waals surface area contributed by atoms with E-state index in [1.54, 1.807) is 0 Å². The first-order chi connectivity index (χ1) is 17.5. The van der Waals surface area contributed by atoms with Crippen LogP contribution in [-0.2, 0) is 7.05 Å². The summed E-state index contributed by atoms with van der Waals surface area (Å²) in [7, 11) is 2.05. The lowest BCUT2D eigenvalue weighted by Crippen LogP contribution is -2.29. The lowest BCUT2D eigenvalue weighted by Gasteiger charge is -2.22. The van der Waals surface area contributed by atoms with E-state index in [-0.39, 0.29) is 0 Å². The lowest BCUT2D eigenvalue weighted by molar-refractivity contribution is 0.343. The molecule has 0 saturated carbocycles. The lowest BCUT2D eigenvalue weighted by atomic mass is 10.0. The highest BCUT2D eigenvalue weighted by molar-refractivity contribution is 5.89. The summed E-state index contributed by atoms with van der Waals surface area (Å²) in [6, 6.07) is 15.6. The van der Waals surface area contributed by atoms with Gasteiger partial charge in [-0.15, -0.1) is 0 Å². The van der Waals surface area contributed by atoms with Crippen molar-refractivity contribution in [1.82, 2.24) is 29.6 Å². The molecule has 4 heterocycles. The molecular weight excluding hydrogens is 446 g/mol. The highest BCUT2D eigenvalue weighted by Crippen LogP contribution is 2.30. The van der Waals surface area contributed by atoms with E-state index in [0.717, 1.165) is 76.4 Å². The Labute approximate surface area is 211 Å². The van der Waals surface area contributed by atoms with Gasteiger partial charge < -0.3 is 15.2 Å². The number of nitrogens with zero attached hydrogens (tertiary/aromatic N) is 5. The minimum Gasteiger partial charge on any atom is -0.340 e. The van der Waals surface area contributed by atoms with Crippen LogP contribution in [0.1, 0.15) is 30.3 Å². The van der Waals surface area contributed by atoms with Gasteiger partial charge in [-0.3, -0.25) is 4.68 Å². The van der Waals surface area contributed by atoms with Crippen LogP contribution < -0.4 is 10.6 Å². The number of imidazole rings is 1. The normalized spacial score (nSPS) is 14.4. The maximum Gasteiger partial charge on any atom is 0.130 e. The molecule has 0 bridgehead atoms. The number of nitrogens with one attached hydrogen (secondary N) is 2. The number of aromatic nitrogens is 5. The largest absolute Gasteiger partial charge is 0.340 e. The van der Waals surface area contributed by atoms with E-state index < -0.39 is 0 Å². The molecule has 3 aromatic heterocycles. The van der Waals surface area contributed by atoms with Crippen LogP contribution in [0.2, 0.25) is 0 Å². The van der Waals surface area contributed by atoms with Crippen LogP contribution in [0.5, 0.6) is 0 Å². The molecule has 36 heavy (non-hydrogen) atoms. The predicted octanol–water partition coefficient (Wildman–Crippen LogP) is 5.78. The smallest absolute Gasteiger partial charge is 0.130 e. The Kier molecular flexibility index (Phi) is 5.77. The molecule has 0 spiro atoms. The third kappa shape index (κ3) is 4.27. The predicted molar refractivity (Wildman–Crippen MR) is 146 cm³/mol. The third-order valence-electron chi connectivity index (χ3n) is 7.34. The Morgan fingerprint density at radius 2 is 1.69 bits per heavy atom.